The highest BCUT2D eigenvalue weighted by Crippen LogP contribution is 2.38. The first-order valence-electron chi connectivity index (χ1n) is 18.1. The number of aromatic nitrogens is 1. The van der Waals surface area contributed by atoms with Gasteiger partial charge < -0.3 is 28.9 Å². The summed E-state index contributed by atoms with van der Waals surface area (Å²) in [4.78, 5) is 35.8. The fourth-order valence-electron chi connectivity index (χ4n) is 7.64. The van der Waals surface area contributed by atoms with E-state index in [1.165, 1.54) is 29.8 Å². The van der Waals surface area contributed by atoms with E-state index in [1.54, 1.807) is 30.3 Å². The molecule has 1 saturated heterocycles. The van der Waals surface area contributed by atoms with Crippen LogP contribution in [0.3, 0.4) is 0 Å². The molecular formula is C43H44ClFN4O5. The minimum absolute atomic E-state index is 0.0664. The second kappa shape index (κ2) is 15.7. The molecule has 2 aliphatic rings. The number of ether oxygens (including phenoxy) is 2. The van der Waals surface area contributed by atoms with E-state index in [2.05, 4.69) is 11.0 Å². The topological polar surface area (TPSA) is 87.5 Å². The zero-order valence-corrected chi connectivity index (χ0v) is 31.7. The summed E-state index contributed by atoms with van der Waals surface area (Å²) in [5.41, 5.74) is 6.48. The molecule has 54 heavy (non-hydrogen) atoms. The van der Waals surface area contributed by atoms with Crippen LogP contribution in [0, 0.1) is 19.7 Å². The zero-order chi connectivity index (χ0) is 38.1. The van der Waals surface area contributed by atoms with Crippen molar-refractivity contribution < 1.29 is 28.6 Å². The third-order valence-corrected chi connectivity index (χ3v) is 11.1. The highest BCUT2D eigenvalue weighted by atomic mass is 35.5. The van der Waals surface area contributed by atoms with Crippen LogP contribution in [0.2, 0.25) is 5.02 Å². The molecular weight excluding hydrogens is 707 g/mol. The van der Waals surface area contributed by atoms with Gasteiger partial charge in [0, 0.05) is 62.4 Å². The molecule has 2 aliphatic heterocycles. The van der Waals surface area contributed by atoms with E-state index in [9.17, 15) is 9.90 Å². The molecule has 0 aliphatic carbocycles. The minimum Gasteiger partial charge on any atom is -0.508 e. The monoisotopic (exact) mass is 750 g/mol. The van der Waals surface area contributed by atoms with Gasteiger partial charge in [-0.05, 0) is 90.6 Å². The van der Waals surface area contributed by atoms with Crippen molar-refractivity contribution >= 4 is 29.1 Å². The number of hydrogen-bond acceptors (Lipinski definition) is 6. The molecule has 1 aromatic heterocycles. The Morgan fingerprint density at radius 3 is 2.43 bits per heavy atom. The van der Waals surface area contributed by atoms with Gasteiger partial charge in [0.15, 0.2) is 0 Å². The Morgan fingerprint density at radius 2 is 1.70 bits per heavy atom. The highest BCUT2D eigenvalue weighted by molar-refractivity contribution is 6.31. The Labute approximate surface area is 320 Å². The van der Waals surface area contributed by atoms with Crippen molar-refractivity contribution in [3.05, 3.63) is 135 Å². The van der Waals surface area contributed by atoms with Gasteiger partial charge in [0.1, 0.15) is 17.3 Å². The average Bonchev–Trinajstić information content (AvgIpc) is 3.48. The Hall–Kier alpha value is -5.16. The summed E-state index contributed by atoms with van der Waals surface area (Å²) in [5.74, 6) is -0.636. The van der Waals surface area contributed by atoms with E-state index in [4.69, 9.17) is 21.1 Å². The maximum atomic E-state index is 15.5. The number of benzene rings is 4. The van der Waals surface area contributed by atoms with Crippen LogP contribution >= 0.6 is 11.6 Å². The van der Waals surface area contributed by atoms with Crippen LogP contribution in [0.25, 0.3) is 11.1 Å². The molecule has 0 bridgehead atoms. The molecule has 1 N–H and O–H groups in total. The normalized spacial score (nSPS) is 15.9. The van der Waals surface area contributed by atoms with Crippen molar-refractivity contribution in [2.24, 2.45) is 7.05 Å². The first-order valence-corrected chi connectivity index (χ1v) is 18.5. The summed E-state index contributed by atoms with van der Waals surface area (Å²) in [7, 11) is 3.44. The van der Waals surface area contributed by atoms with E-state index in [0.717, 1.165) is 29.8 Å². The van der Waals surface area contributed by atoms with Crippen molar-refractivity contribution in [3.8, 4) is 22.6 Å². The van der Waals surface area contributed by atoms with Crippen molar-refractivity contribution in [2.45, 2.75) is 39.4 Å². The number of methoxy groups -OCH3 is 1. The third-order valence-electron chi connectivity index (χ3n) is 10.8. The number of rotatable bonds is 9. The predicted molar refractivity (Wildman–Crippen MR) is 208 cm³/mol. The first kappa shape index (κ1) is 37.2. The highest BCUT2D eigenvalue weighted by Gasteiger charge is 2.35. The zero-order valence-electron chi connectivity index (χ0n) is 30.9. The quantitative estimate of drug-likeness (QED) is 0.167. The van der Waals surface area contributed by atoms with Crippen LogP contribution < -0.4 is 9.64 Å². The molecule has 1 atom stereocenters. The minimum atomic E-state index is -0.717. The Balaban J connectivity index is 1.33. The molecule has 1 fully saturated rings. The molecule has 9 nitrogen and oxygen atoms in total. The van der Waals surface area contributed by atoms with Gasteiger partial charge in [0.2, 0.25) is 0 Å². The van der Waals surface area contributed by atoms with E-state index < -0.39 is 5.82 Å². The fourth-order valence-corrected chi connectivity index (χ4v) is 7.81. The van der Waals surface area contributed by atoms with Gasteiger partial charge in [-0.15, -0.1) is 0 Å². The van der Waals surface area contributed by atoms with E-state index in [0.29, 0.717) is 66.5 Å². The summed E-state index contributed by atoms with van der Waals surface area (Å²) in [5, 5.41) is 9.97. The molecule has 4 aromatic carbocycles. The van der Waals surface area contributed by atoms with Crippen molar-refractivity contribution in [2.75, 3.05) is 44.9 Å². The SMILES string of the molecule is COc1cccc(CN(C(=O)c2c(-c3cc(Cl)c(F)cc3C(=O)N3Cc4ccccc4C[C@H]3CN3CCOCC3)cn(C)c2C)c2ccc(O)cc2)c1C. The maximum absolute atomic E-state index is 15.5. The number of phenolic OH excluding ortho intramolecular Hbond substituents is 1. The summed E-state index contributed by atoms with van der Waals surface area (Å²) < 4.78 is 28.6. The standard InChI is InChI=1S/C43H44ClFN4O5/c1-27-30(10-7-11-40(27)53-4)23-48(32-12-14-34(50)15-13-32)43(52)41-28(2)46(3)26-37(41)35-21-38(44)39(45)22-36(35)42(51)49-24-31-9-6-5-8-29(31)20-33(49)25-47-16-18-54-19-17-47/h5-15,21-22,26,33,50H,16-20,23-25H2,1-4H3/t33-/m0/s1. The maximum Gasteiger partial charge on any atom is 0.261 e. The predicted octanol–water partition coefficient (Wildman–Crippen LogP) is 7.56. The van der Waals surface area contributed by atoms with Crippen molar-refractivity contribution in [3.63, 3.8) is 0 Å². The van der Waals surface area contributed by atoms with Gasteiger partial charge in [-0.25, -0.2) is 4.39 Å². The van der Waals surface area contributed by atoms with Crippen LogP contribution in [0.5, 0.6) is 11.5 Å². The number of fused-ring (bicyclic) bond motifs is 1. The summed E-state index contributed by atoms with van der Waals surface area (Å²) in [6.07, 6.45) is 2.45. The molecule has 7 rings (SSSR count). The molecule has 0 saturated carbocycles. The Kier molecular flexibility index (Phi) is 10.8. The number of aryl methyl sites for hydroxylation is 1. The number of phenols is 1. The first-order chi connectivity index (χ1) is 26.0. The smallest absolute Gasteiger partial charge is 0.261 e. The molecule has 3 heterocycles. The second-order valence-corrected chi connectivity index (χ2v) is 14.5. The van der Waals surface area contributed by atoms with Crippen LogP contribution in [0.15, 0.2) is 85.1 Å². The number of carbonyl (C=O) groups excluding carboxylic acids is 2. The average molecular weight is 751 g/mol. The largest absolute Gasteiger partial charge is 0.508 e. The number of nitrogens with zero attached hydrogens (tertiary/aromatic N) is 4. The lowest BCUT2D eigenvalue weighted by Gasteiger charge is -2.40. The van der Waals surface area contributed by atoms with Gasteiger partial charge in [-0.3, -0.25) is 14.5 Å². The molecule has 0 unspecified atom stereocenters. The number of anilines is 1. The van der Waals surface area contributed by atoms with Crippen LogP contribution in [-0.4, -0.2) is 77.3 Å². The van der Waals surface area contributed by atoms with Crippen molar-refractivity contribution in [1.29, 1.82) is 0 Å². The third kappa shape index (κ3) is 7.33. The van der Waals surface area contributed by atoms with Crippen LogP contribution in [-0.2, 0) is 31.3 Å². The lowest BCUT2D eigenvalue weighted by molar-refractivity contribution is 0.0193. The van der Waals surface area contributed by atoms with Gasteiger partial charge in [0.05, 0.1) is 43.0 Å². The summed E-state index contributed by atoms with van der Waals surface area (Å²) in [6, 6.07) is 22.7. The second-order valence-electron chi connectivity index (χ2n) is 14.1. The van der Waals surface area contributed by atoms with Gasteiger partial charge in [-0.1, -0.05) is 48.0 Å². The van der Waals surface area contributed by atoms with Crippen LogP contribution in [0.4, 0.5) is 10.1 Å². The number of aromatic hydroxyl groups is 1. The molecule has 11 heteroatoms. The number of hydrogen-bond donors (Lipinski definition) is 1. The number of amides is 2. The van der Waals surface area contributed by atoms with Gasteiger partial charge in [0.25, 0.3) is 11.8 Å². The van der Waals surface area contributed by atoms with Crippen molar-refractivity contribution in [1.82, 2.24) is 14.4 Å². The van der Waals surface area contributed by atoms with E-state index >= 15 is 9.18 Å². The molecule has 280 valence electrons. The molecule has 0 radical (unpaired) electrons. The van der Waals surface area contributed by atoms with Gasteiger partial charge >= 0.3 is 0 Å². The Bertz CT molecular complexity index is 2200. The number of morpholine rings is 1. The molecule has 0 spiro atoms. The lowest BCUT2D eigenvalue weighted by Crippen LogP contribution is -2.52. The van der Waals surface area contributed by atoms with Gasteiger partial charge in [-0.2, -0.15) is 0 Å². The van der Waals surface area contributed by atoms with Crippen LogP contribution in [0.1, 0.15) is 48.7 Å². The molecule has 5 aromatic rings. The number of halogens is 2. The number of carbonyl (C=O) groups is 2. The molecule has 2 amide bonds. The summed E-state index contributed by atoms with van der Waals surface area (Å²) in [6.45, 7) is 7.78. The Morgan fingerprint density at radius 1 is 0.981 bits per heavy atom. The van der Waals surface area contributed by atoms with E-state index in [1.807, 2.05) is 66.8 Å². The summed E-state index contributed by atoms with van der Waals surface area (Å²) >= 11 is 6.50. The van der Waals surface area contributed by atoms with E-state index in [-0.39, 0.29) is 40.7 Å². The fraction of sp³-hybridized carbons (Fsp3) is 0.302. The lowest BCUT2D eigenvalue weighted by atomic mass is 9.91.